The Bertz CT molecular complexity index is 193. The zero-order chi connectivity index (χ0) is 8.55. The maximum Gasteiger partial charge on any atom is 0.407 e. The molecule has 0 aromatic heterocycles. The van der Waals surface area contributed by atoms with Gasteiger partial charge in [-0.1, -0.05) is 6.42 Å². The van der Waals surface area contributed by atoms with Crippen molar-refractivity contribution < 1.29 is 9.53 Å². The van der Waals surface area contributed by atoms with Gasteiger partial charge in [-0.25, -0.2) is 4.79 Å². The summed E-state index contributed by atoms with van der Waals surface area (Å²) in [4.78, 5) is 10.9. The van der Waals surface area contributed by atoms with Crippen molar-refractivity contribution in [3.05, 3.63) is 0 Å². The van der Waals surface area contributed by atoms with Gasteiger partial charge in [-0.05, 0) is 31.1 Å². The summed E-state index contributed by atoms with van der Waals surface area (Å²) in [6, 6.07) is 0.399. The van der Waals surface area contributed by atoms with Crippen molar-refractivity contribution >= 4 is 6.09 Å². The second kappa shape index (κ2) is 2.96. The first-order valence-electron chi connectivity index (χ1n) is 4.64. The molecule has 2 aliphatic carbocycles. The van der Waals surface area contributed by atoms with Gasteiger partial charge in [0.15, 0.2) is 0 Å². The van der Waals surface area contributed by atoms with Gasteiger partial charge >= 0.3 is 6.09 Å². The lowest BCUT2D eigenvalue weighted by molar-refractivity contribution is 0.161. The lowest BCUT2D eigenvalue weighted by Gasteiger charge is -2.21. The van der Waals surface area contributed by atoms with E-state index in [0.717, 1.165) is 11.8 Å². The number of rotatable bonds is 1. The molecule has 0 saturated heterocycles. The Morgan fingerprint density at radius 3 is 2.75 bits per heavy atom. The summed E-state index contributed by atoms with van der Waals surface area (Å²) in [7, 11) is 1.42. The Hall–Kier alpha value is -0.730. The number of hydrogen-bond acceptors (Lipinski definition) is 2. The molecular formula is C9H15NO2. The summed E-state index contributed by atoms with van der Waals surface area (Å²) in [6.45, 7) is 0. The molecule has 2 saturated carbocycles. The van der Waals surface area contributed by atoms with Crippen molar-refractivity contribution in [1.29, 1.82) is 0 Å². The van der Waals surface area contributed by atoms with E-state index in [1.807, 2.05) is 0 Å². The van der Waals surface area contributed by atoms with Gasteiger partial charge < -0.3 is 10.1 Å². The van der Waals surface area contributed by atoms with Crippen LogP contribution in [0.5, 0.6) is 0 Å². The number of amides is 1. The van der Waals surface area contributed by atoms with E-state index in [0.29, 0.717) is 6.04 Å². The van der Waals surface area contributed by atoms with E-state index in [4.69, 9.17) is 0 Å². The van der Waals surface area contributed by atoms with E-state index in [2.05, 4.69) is 10.1 Å². The molecule has 2 aliphatic rings. The molecular weight excluding hydrogens is 154 g/mol. The highest BCUT2D eigenvalue weighted by atomic mass is 16.5. The maximum absolute atomic E-state index is 10.9. The molecule has 0 radical (unpaired) electrons. The van der Waals surface area contributed by atoms with Crippen LogP contribution >= 0.6 is 0 Å². The number of carbonyl (C=O) groups is 1. The standard InChI is InChI=1S/C9H15NO2/c1-12-9(11)10-8-5-6-2-3-7(8)4-6/h6-8H,2-5H2,1H3,(H,10,11)/t6-,7+,8+/m0/s1. The predicted molar refractivity (Wildman–Crippen MR) is 44.8 cm³/mol. The average Bonchev–Trinajstić information content (AvgIpc) is 2.64. The predicted octanol–water partition coefficient (Wildman–Crippen LogP) is 1.53. The minimum Gasteiger partial charge on any atom is -0.453 e. The van der Waals surface area contributed by atoms with Crippen LogP contribution in [0, 0.1) is 11.8 Å². The Morgan fingerprint density at radius 1 is 1.42 bits per heavy atom. The second-order valence-corrected chi connectivity index (χ2v) is 3.92. The fraction of sp³-hybridized carbons (Fsp3) is 0.889. The average molecular weight is 169 g/mol. The van der Waals surface area contributed by atoms with Crippen LogP contribution in [0.3, 0.4) is 0 Å². The van der Waals surface area contributed by atoms with Crippen LogP contribution in [0.2, 0.25) is 0 Å². The van der Waals surface area contributed by atoms with Crippen molar-refractivity contribution in [1.82, 2.24) is 5.32 Å². The zero-order valence-electron chi connectivity index (χ0n) is 7.38. The van der Waals surface area contributed by atoms with Gasteiger partial charge in [0.1, 0.15) is 0 Å². The van der Waals surface area contributed by atoms with Gasteiger partial charge in [-0.15, -0.1) is 0 Å². The number of hydrogen-bond donors (Lipinski definition) is 1. The molecule has 0 aromatic carbocycles. The van der Waals surface area contributed by atoms with Crippen molar-refractivity contribution in [2.75, 3.05) is 7.11 Å². The van der Waals surface area contributed by atoms with Crippen LogP contribution < -0.4 is 5.32 Å². The van der Waals surface area contributed by atoms with E-state index < -0.39 is 0 Å². The van der Waals surface area contributed by atoms with Crippen LogP contribution in [0.4, 0.5) is 4.79 Å². The van der Waals surface area contributed by atoms with E-state index in [1.54, 1.807) is 0 Å². The molecule has 0 spiro atoms. The number of fused-ring (bicyclic) bond motifs is 2. The third-order valence-electron chi connectivity index (χ3n) is 3.23. The minimum absolute atomic E-state index is 0.271. The Kier molecular flexibility index (Phi) is 1.95. The number of carbonyl (C=O) groups excluding carboxylic acids is 1. The zero-order valence-corrected chi connectivity index (χ0v) is 7.38. The molecule has 2 bridgehead atoms. The summed E-state index contributed by atoms with van der Waals surface area (Å²) < 4.78 is 4.57. The Morgan fingerprint density at radius 2 is 2.25 bits per heavy atom. The summed E-state index contributed by atoms with van der Waals surface area (Å²) in [5.74, 6) is 1.60. The van der Waals surface area contributed by atoms with Crippen LogP contribution in [0.25, 0.3) is 0 Å². The first-order chi connectivity index (χ1) is 5.79. The largest absolute Gasteiger partial charge is 0.453 e. The Balaban J connectivity index is 1.86. The molecule has 0 aromatic rings. The molecule has 0 unspecified atom stereocenters. The summed E-state index contributed by atoms with van der Waals surface area (Å²) in [5.41, 5.74) is 0. The number of methoxy groups -OCH3 is 1. The van der Waals surface area contributed by atoms with Crippen LogP contribution in [-0.2, 0) is 4.74 Å². The fourth-order valence-corrected chi connectivity index (χ4v) is 2.63. The molecule has 0 heterocycles. The summed E-state index contributed by atoms with van der Waals surface area (Å²) in [5, 5.41) is 2.90. The lowest BCUT2D eigenvalue weighted by Crippen LogP contribution is -2.38. The highest BCUT2D eigenvalue weighted by molar-refractivity contribution is 5.67. The highest BCUT2D eigenvalue weighted by Crippen LogP contribution is 2.44. The van der Waals surface area contributed by atoms with Gasteiger partial charge in [0.05, 0.1) is 7.11 Å². The molecule has 3 heteroatoms. The van der Waals surface area contributed by atoms with Gasteiger partial charge in [0, 0.05) is 6.04 Å². The quantitative estimate of drug-likeness (QED) is 0.646. The minimum atomic E-state index is -0.271. The topological polar surface area (TPSA) is 38.3 Å². The number of alkyl carbamates (subject to hydrolysis) is 1. The lowest BCUT2D eigenvalue weighted by atomic mass is 9.96. The SMILES string of the molecule is COC(=O)N[C@@H]1C[C@H]2CC[C@@H]1C2. The second-order valence-electron chi connectivity index (χ2n) is 3.92. The molecule has 2 fully saturated rings. The van der Waals surface area contributed by atoms with Crippen molar-refractivity contribution in [2.24, 2.45) is 11.8 Å². The van der Waals surface area contributed by atoms with Gasteiger partial charge in [-0.2, -0.15) is 0 Å². The number of nitrogens with one attached hydrogen (secondary N) is 1. The molecule has 68 valence electrons. The molecule has 1 amide bonds. The molecule has 0 aliphatic heterocycles. The summed E-state index contributed by atoms with van der Waals surface area (Å²) >= 11 is 0. The van der Waals surface area contributed by atoms with Crippen molar-refractivity contribution in [2.45, 2.75) is 31.7 Å². The first kappa shape index (κ1) is 7.90. The van der Waals surface area contributed by atoms with Crippen molar-refractivity contribution in [3.8, 4) is 0 Å². The van der Waals surface area contributed by atoms with E-state index in [-0.39, 0.29) is 6.09 Å². The van der Waals surface area contributed by atoms with Crippen LogP contribution in [0.1, 0.15) is 25.7 Å². The Labute approximate surface area is 72.5 Å². The number of ether oxygens (including phenoxy) is 1. The van der Waals surface area contributed by atoms with E-state index >= 15 is 0 Å². The third kappa shape index (κ3) is 1.28. The van der Waals surface area contributed by atoms with Gasteiger partial charge in [-0.3, -0.25) is 0 Å². The fourth-order valence-electron chi connectivity index (χ4n) is 2.63. The van der Waals surface area contributed by atoms with Gasteiger partial charge in [0.2, 0.25) is 0 Å². The molecule has 12 heavy (non-hydrogen) atoms. The van der Waals surface area contributed by atoms with Crippen LogP contribution in [0.15, 0.2) is 0 Å². The highest BCUT2D eigenvalue weighted by Gasteiger charge is 2.40. The molecule has 3 nitrogen and oxygen atoms in total. The van der Waals surface area contributed by atoms with E-state index in [1.165, 1.54) is 32.8 Å². The van der Waals surface area contributed by atoms with Crippen molar-refractivity contribution in [3.63, 3.8) is 0 Å². The molecule has 1 N–H and O–H groups in total. The molecule has 3 atom stereocenters. The summed E-state index contributed by atoms with van der Waals surface area (Å²) in [6.07, 6.45) is 4.87. The smallest absolute Gasteiger partial charge is 0.407 e. The molecule has 2 rings (SSSR count). The first-order valence-corrected chi connectivity index (χ1v) is 4.64. The third-order valence-corrected chi connectivity index (χ3v) is 3.23. The normalized spacial score (nSPS) is 38.2. The van der Waals surface area contributed by atoms with Crippen LogP contribution in [-0.4, -0.2) is 19.2 Å². The monoisotopic (exact) mass is 169 g/mol. The maximum atomic E-state index is 10.9. The van der Waals surface area contributed by atoms with Gasteiger partial charge in [0.25, 0.3) is 0 Å². The van der Waals surface area contributed by atoms with E-state index in [9.17, 15) is 4.79 Å².